The number of rotatable bonds is 2. The van der Waals surface area contributed by atoms with Gasteiger partial charge in [0, 0.05) is 5.56 Å². The molecule has 0 saturated heterocycles. The van der Waals surface area contributed by atoms with Gasteiger partial charge in [-0.3, -0.25) is 4.79 Å². The van der Waals surface area contributed by atoms with Crippen molar-refractivity contribution < 1.29 is 0 Å². The van der Waals surface area contributed by atoms with Crippen LogP contribution in [0.25, 0.3) is 21.0 Å². The third-order valence-electron chi connectivity index (χ3n) is 3.01. The average molecular weight is 290 g/mol. The Balaban J connectivity index is 2.27. The lowest BCUT2D eigenvalue weighted by Gasteiger charge is -2.05. The molecule has 100 valence electrons. The molecule has 0 aliphatic carbocycles. The van der Waals surface area contributed by atoms with E-state index < -0.39 is 5.56 Å². The molecule has 0 bridgehead atoms. The van der Waals surface area contributed by atoms with E-state index in [0.29, 0.717) is 9.88 Å². The second kappa shape index (κ2) is 5.70. The quantitative estimate of drug-likeness (QED) is 0.723. The van der Waals surface area contributed by atoms with E-state index in [1.165, 1.54) is 11.3 Å². The van der Waals surface area contributed by atoms with E-state index in [-0.39, 0.29) is 5.56 Å². The first-order valence-corrected chi connectivity index (χ1v) is 7.17. The first-order valence-electron chi connectivity index (χ1n) is 6.35. The van der Waals surface area contributed by atoms with Gasteiger partial charge in [0.2, 0.25) is 0 Å². The van der Waals surface area contributed by atoms with Crippen molar-refractivity contribution in [3.8, 4) is 27.1 Å². The molecule has 0 atom stereocenters. The molecule has 1 heterocycles. The lowest BCUT2D eigenvalue weighted by molar-refractivity contribution is 1.26. The molecular weight excluding hydrogens is 280 g/mol. The van der Waals surface area contributed by atoms with Crippen LogP contribution in [-0.2, 0) is 0 Å². The number of hydrogen-bond acceptors (Lipinski definition) is 4. The van der Waals surface area contributed by atoms with E-state index in [2.05, 4.69) is 4.98 Å². The highest BCUT2D eigenvalue weighted by Gasteiger charge is 2.14. The summed E-state index contributed by atoms with van der Waals surface area (Å²) in [5.74, 6) is 0. The van der Waals surface area contributed by atoms with Crippen LogP contribution in [-0.4, -0.2) is 4.98 Å². The molecule has 0 fully saturated rings. The van der Waals surface area contributed by atoms with Gasteiger partial charge in [-0.15, -0.1) is 11.3 Å². The van der Waals surface area contributed by atoms with E-state index in [1.807, 2.05) is 66.7 Å². The van der Waals surface area contributed by atoms with Crippen LogP contribution in [0.5, 0.6) is 0 Å². The molecule has 0 unspecified atom stereocenters. The Morgan fingerprint density at radius 2 is 1.48 bits per heavy atom. The smallest absolute Gasteiger partial charge is 0.266 e. The predicted molar refractivity (Wildman–Crippen MR) is 84.0 cm³/mol. The molecule has 0 aliphatic heterocycles. The van der Waals surface area contributed by atoms with Gasteiger partial charge in [0.15, 0.2) is 0 Å². The number of nitriles is 1. The molecule has 0 spiro atoms. The Labute approximate surface area is 125 Å². The Kier molecular flexibility index (Phi) is 3.59. The molecule has 0 amide bonds. The third-order valence-corrected chi connectivity index (χ3v) is 4.18. The third kappa shape index (κ3) is 2.60. The van der Waals surface area contributed by atoms with Crippen LogP contribution < -0.4 is 5.56 Å². The molecule has 1 aromatic heterocycles. The molecular formula is C17H10N2OS. The molecule has 2 aromatic carbocycles. The minimum Gasteiger partial charge on any atom is -0.266 e. The number of benzene rings is 2. The zero-order valence-electron chi connectivity index (χ0n) is 11.0. The fraction of sp³-hybridized carbons (Fsp3) is 0. The van der Waals surface area contributed by atoms with Gasteiger partial charge in [0.1, 0.15) is 16.6 Å². The maximum absolute atomic E-state index is 12.1. The SMILES string of the molecule is N#Cc1c(-c2ccccc2)sc(-c2ccccc2)nc1=O. The van der Waals surface area contributed by atoms with Gasteiger partial charge in [-0.25, -0.2) is 0 Å². The molecule has 3 rings (SSSR count). The largest absolute Gasteiger partial charge is 0.290 e. The molecule has 3 nitrogen and oxygen atoms in total. The minimum atomic E-state index is -0.478. The van der Waals surface area contributed by atoms with Crippen LogP contribution in [0.2, 0.25) is 0 Å². The van der Waals surface area contributed by atoms with Gasteiger partial charge in [-0.1, -0.05) is 60.7 Å². The van der Waals surface area contributed by atoms with Gasteiger partial charge < -0.3 is 0 Å². The first-order chi connectivity index (χ1) is 10.3. The van der Waals surface area contributed by atoms with Crippen LogP contribution in [0.15, 0.2) is 65.5 Å². The fourth-order valence-corrected chi connectivity index (χ4v) is 3.08. The van der Waals surface area contributed by atoms with Crippen LogP contribution in [0.1, 0.15) is 5.56 Å². The van der Waals surface area contributed by atoms with E-state index in [4.69, 9.17) is 0 Å². The second-order valence-electron chi connectivity index (χ2n) is 4.37. The lowest BCUT2D eigenvalue weighted by atomic mass is 10.1. The van der Waals surface area contributed by atoms with Gasteiger partial charge in [-0.05, 0) is 5.56 Å². The van der Waals surface area contributed by atoms with Crippen molar-refractivity contribution in [2.75, 3.05) is 0 Å². The van der Waals surface area contributed by atoms with Crippen molar-refractivity contribution in [3.05, 3.63) is 76.6 Å². The Hall–Kier alpha value is -2.77. The van der Waals surface area contributed by atoms with Crippen LogP contribution in [0.3, 0.4) is 0 Å². The summed E-state index contributed by atoms with van der Waals surface area (Å²) in [6.45, 7) is 0. The van der Waals surface area contributed by atoms with Gasteiger partial charge >= 0.3 is 0 Å². The summed E-state index contributed by atoms with van der Waals surface area (Å²) in [6.07, 6.45) is 0. The molecule has 0 N–H and O–H groups in total. The van der Waals surface area contributed by atoms with E-state index >= 15 is 0 Å². The number of aromatic nitrogens is 1. The second-order valence-corrected chi connectivity index (χ2v) is 5.37. The van der Waals surface area contributed by atoms with Crippen molar-refractivity contribution in [2.24, 2.45) is 0 Å². The van der Waals surface area contributed by atoms with Crippen molar-refractivity contribution in [1.82, 2.24) is 4.98 Å². The maximum atomic E-state index is 12.1. The van der Waals surface area contributed by atoms with Gasteiger partial charge in [0.05, 0.1) is 4.88 Å². The van der Waals surface area contributed by atoms with Gasteiger partial charge in [0.25, 0.3) is 5.56 Å². The Morgan fingerprint density at radius 3 is 2.05 bits per heavy atom. The zero-order valence-corrected chi connectivity index (χ0v) is 11.8. The lowest BCUT2D eigenvalue weighted by Crippen LogP contribution is -2.11. The summed E-state index contributed by atoms with van der Waals surface area (Å²) in [4.78, 5) is 16.8. The van der Waals surface area contributed by atoms with Gasteiger partial charge in [-0.2, -0.15) is 10.2 Å². The highest BCUT2D eigenvalue weighted by molar-refractivity contribution is 7.18. The normalized spacial score (nSPS) is 10.0. The topological polar surface area (TPSA) is 53.8 Å². The fourth-order valence-electron chi connectivity index (χ4n) is 2.01. The Morgan fingerprint density at radius 1 is 0.905 bits per heavy atom. The van der Waals surface area contributed by atoms with E-state index in [9.17, 15) is 10.1 Å². The highest BCUT2D eigenvalue weighted by atomic mass is 32.1. The van der Waals surface area contributed by atoms with Crippen molar-refractivity contribution >= 4 is 11.3 Å². The first kappa shape index (κ1) is 13.2. The van der Waals surface area contributed by atoms with Crippen LogP contribution in [0.4, 0.5) is 0 Å². The molecule has 3 aromatic rings. The summed E-state index contributed by atoms with van der Waals surface area (Å²) in [7, 11) is 0. The highest BCUT2D eigenvalue weighted by Crippen LogP contribution is 2.31. The molecule has 0 radical (unpaired) electrons. The molecule has 0 saturated carbocycles. The van der Waals surface area contributed by atoms with Crippen LogP contribution in [0, 0.1) is 11.3 Å². The predicted octanol–water partition coefficient (Wildman–Crippen LogP) is 3.71. The van der Waals surface area contributed by atoms with E-state index in [1.54, 1.807) is 0 Å². The Bertz CT molecular complexity index is 865. The molecule has 21 heavy (non-hydrogen) atoms. The number of nitrogens with zero attached hydrogens (tertiary/aromatic N) is 2. The monoisotopic (exact) mass is 290 g/mol. The maximum Gasteiger partial charge on any atom is 0.290 e. The summed E-state index contributed by atoms with van der Waals surface area (Å²) in [6, 6.07) is 20.9. The summed E-state index contributed by atoms with van der Waals surface area (Å²) < 4.78 is 0. The minimum absolute atomic E-state index is 0.103. The molecule has 0 aliphatic rings. The van der Waals surface area contributed by atoms with Crippen molar-refractivity contribution in [3.63, 3.8) is 0 Å². The summed E-state index contributed by atoms with van der Waals surface area (Å²) in [5.41, 5.74) is 1.36. The zero-order chi connectivity index (χ0) is 14.7. The number of hydrogen-bond donors (Lipinski definition) is 0. The van der Waals surface area contributed by atoms with Crippen LogP contribution >= 0.6 is 11.3 Å². The summed E-state index contributed by atoms with van der Waals surface area (Å²) in [5, 5.41) is 9.86. The summed E-state index contributed by atoms with van der Waals surface area (Å²) >= 11 is 1.36. The van der Waals surface area contributed by atoms with Crippen molar-refractivity contribution in [2.45, 2.75) is 0 Å². The average Bonchev–Trinajstić information content (AvgIpc) is 2.55. The standard InChI is InChI=1S/C17H10N2OS/c18-11-14-15(12-7-3-1-4-8-12)21-17(19-16(14)20)13-9-5-2-6-10-13/h1-10H. The molecule has 4 heteroatoms. The van der Waals surface area contributed by atoms with E-state index in [0.717, 1.165) is 11.1 Å². The van der Waals surface area contributed by atoms with Crippen molar-refractivity contribution in [1.29, 1.82) is 5.26 Å².